The first kappa shape index (κ1) is 15.4. The van der Waals surface area contributed by atoms with Gasteiger partial charge in [-0.25, -0.2) is 0 Å². The summed E-state index contributed by atoms with van der Waals surface area (Å²) in [5.41, 5.74) is 0. The van der Waals surface area contributed by atoms with E-state index in [4.69, 9.17) is 5.11 Å². The van der Waals surface area contributed by atoms with E-state index in [9.17, 15) is 4.79 Å². The number of likely N-dealkylation sites (N-methyl/N-ethyl adjacent to an activating group) is 1. The van der Waals surface area contributed by atoms with Gasteiger partial charge in [0, 0.05) is 12.6 Å². The third-order valence-corrected chi connectivity index (χ3v) is 2.69. The number of nitrogens with one attached hydrogen (secondary N) is 1. The van der Waals surface area contributed by atoms with Crippen molar-refractivity contribution in [3.05, 3.63) is 0 Å². The first-order chi connectivity index (χ1) is 7.49. The van der Waals surface area contributed by atoms with Crippen LogP contribution in [0.25, 0.3) is 0 Å². The van der Waals surface area contributed by atoms with Crippen molar-refractivity contribution in [2.24, 2.45) is 0 Å². The van der Waals surface area contributed by atoms with Crippen LogP contribution in [0.1, 0.15) is 40.0 Å². The van der Waals surface area contributed by atoms with E-state index in [1.54, 1.807) is 6.92 Å². The lowest BCUT2D eigenvalue weighted by Gasteiger charge is -2.20. The van der Waals surface area contributed by atoms with Crippen molar-refractivity contribution in [2.45, 2.75) is 52.2 Å². The average Bonchev–Trinajstić information content (AvgIpc) is 2.23. The van der Waals surface area contributed by atoms with Crippen molar-refractivity contribution in [2.75, 3.05) is 20.1 Å². The number of hydrogen-bond donors (Lipinski definition) is 2. The number of amides is 1. The molecular formula is C12H26N2O2. The summed E-state index contributed by atoms with van der Waals surface area (Å²) < 4.78 is 0. The highest BCUT2D eigenvalue weighted by Crippen LogP contribution is 1.97. The Morgan fingerprint density at radius 2 is 1.94 bits per heavy atom. The van der Waals surface area contributed by atoms with Crippen molar-refractivity contribution in [3.8, 4) is 0 Å². The Morgan fingerprint density at radius 3 is 2.38 bits per heavy atom. The molecule has 0 saturated carbocycles. The molecule has 1 amide bonds. The van der Waals surface area contributed by atoms with E-state index in [0.717, 1.165) is 19.4 Å². The lowest BCUT2D eigenvalue weighted by molar-refractivity contribution is -0.122. The highest BCUT2D eigenvalue weighted by Gasteiger charge is 2.10. The first-order valence-electron chi connectivity index (χ1n) is 6.15. The summed E-state index contributed by atoms with van der Waals surface area (Å²) in [6.45, 7) is 7.06. The average molecular weight is 230 g/mol. The third-order valence-electron chi connectivity index (χ3n) is 2.69. The second-order valence-electron chi connectivity index (χ2n) is 4.46. The third kappa shape index (κ3) is 7.65. The van der Waals surface area contributed by atoms with Crippen molar-refractivity contribution < 1.29 is 9.90 Å². The lowest BCUT2D eigenvalue weighted by Crippen LogP contribution is -2.41. The van der Waals surface area contributed by atoms with Crippen molar-refractivity contribution >= 4 is 5.91 Å². The fourth-order valence-electron chi connectivity index (χ4n) is 1.50. The molecule has 4 nitrogen and oxygen atoms in total. The molecule has 96 valence electrons. The highest BCUT2D eigenvalue weighted by molar-refractivity contribution is 5.78. The molecule has 0 bridgehead atoms. The smallest absolute Gasteiger partial charge is 0.234 e. The van der Waals surface area contributed by atoms with Gasteiger partial charge in [0.1, 0.15) is 0 Å². The van der Waals surface area contributed by atoms with Crippen LogP contribution in [-0.4, -0.2) is 48.2 Å². The molecule has 0 aromatic rings. The van der Waals surface area contributed by atoms with Crippen LogP contribution in [0, 0.1) is 0 Å². The minimum atomic E-state index is -0.301. The summed E-state index contributed by atoms with van der Waals surface area (Å²) in [6.07, 6.45) is 2.35. The molecule has 0 spiro atoms. The SMILES string of the molecule is CCC(CC)NC(=O)CN(C)CCC(C)O. The summed E-state index contributed by atoms with van der Waals surface area (Å²) >= 11 is 0. The number of aliphatic hydroxyl groups is 1. The van der Waals surface area contributed by atoms with Crippen LogP contribution >= 0.6 is 0 Å². The summed E-state index contributed by atoms with van der Waals surface area (Å²) in [6, 6.07) is 0.290. The van der Waals surface area contributed by atoms with Crippen molar-refractivity contribution in [1.29, 1.82) is 0 Å². The van der Waals surface area contributed by atoms with Gasteiger partial charge in [-0.2, -0.15) is 0 Å². The second kappa shape index (κ2) is 8.53. The van der Waals surface area contributed by atoms with Gasteiger partial charge >= 0.3 is 0 Å². The molecular weight excluding hydrogens is 204 g/mol. The summed E-state index contributed by atoms with van der Waals surface area (Å²) in [5, 5.41) is 12.1. The van der Waals surface area contributed by atoms with Gasteiger partial charge in [-0.3, -0.25) is 9.69 Å². The Kier molecular flexibility index (Phi) is 8.21. The Labute approximate surface area is 99.0 Å². The standard InChI is InChI=1S/C12H26N2O2/c1-5-11(6-2)13-12(16)9-14(4)8-7-10(3)15/h10-11,15H,5-9H2,1-4H3,(H,13,16). The van der Waals surface area contributed by atoms with Gasteiger partial charge in [0.2, 0.25) is 5.91 Å². The number of nitrogens with zero attached hydrogens (tertiary/aromatic N) is 1. The zero-order valence-corrected chi connectivity index (χ0v) is 11.0. The predicted octanol–water partition coefficient (Wildman–Crippen LogP) is 0.994. The number of carbonyl (C=O) groups excluding carboxylic acids is 1. The number of carbonyl (C=O) groups is 1. The first-order valence-corrected chi connectivity index (χ1v) is 6.15. The van der Waals surface area contributed by atoms with Gasteiger partial charge in [-0.1, -0.05) is 13.8 Å². The second-order valence-corrected chi connectivity index (χ2v) is 4.46. The van der Waals surface area contributed by atoms with Gasteiger partial charge in [-0.05, 0) is 33.2 Å². The minimum Gasteiger partial charge on any atom is -0.393 e. The van der Waals surface area contributed by atoms with Gasteiger partial charge in [-0.15, -0.1) is 0 Å². The maximum atomic E-state index is 11.6. The monoisotopic (exact) mass is 230 g/mol. The Balaban J connectivity index is 3.77. The van der Waals surface area contributed by atoms with Gasteiger partial charge in [0.05, 0.1) is 12.6 Å². The van der Waals surface area contributed by atoms with E-state index >= 15 is 0 Å². The molecule has 0 radical (unpaired) electrons. The van der Waals surface area contributed by atoms with Crippen LogP contribution in [-0.2, 0) is 4.79 Å². The van der Waals surface area contributed by atoms with Gasteiger partial charge in [0.25, 0.3) is 0 Å². The molecule has 0 rings (SSSR count). The Bertz CT molecular complexity index is 191. The minimum absolute atomic E-state index is 0.0711. The molecule has 0 aromatic carbocycles. The number of aliphatic hydroxyl groups excluding tert-OH is 1. The number of rotatable bonds is 8. The number of hydrogen-bond acceptors (Lipinski definition) is 3. The van der Waals surface area contributed by atoms with Gasteiger partial charge < -0.3 is 10.4 Å². The maximum absolute atomic E-state index is 11.6. The molecule has 2 N–H and O–H groups in total. The van der Waals surface area contributed by atoms with Gasteiger partial charge in [0.15, 0.2) is 0 Å². The van der Waals surface area contributed by atoms with E-state index in [1.165, 1.54) is 0 Å². The van der Waals surface area contributed by atoms with Crippen LogP contribution in [0.2, 0.25) is 0 Å². The zero-order chi connectivity index (χ0) is 12.6. The topological polar surface area (TPSA) is 52.6 Å². The lowest BCUT2D eigenvalue weighted by atomic mass is 10.2. The van der Waals surface area contributed by atoms with Crippen molar-refractivity contribution in [1.82, 2.24) is 10.2 Å². The largest absolute Gasteiger partial charge is 0.393 e. The fraction of sp³-hybridized carbons (Fsp3) is 0.917. The molecule has 4 heteroatoms. The highest BCUT2D eigenvalue weighted by atomic mass is 16.3. The molecule has 0 aliphatic rings. The van der Waals surface area contributed by atoms with Crippen LogP contribution in [0.3, 0.4) is 0 Å². The van der Waals surface area contributed by atoms with Crippen LogP contribution < -0.4 is 5.32 Å². The van der Waals surface area contributed by atoms with Crippen LogP contribution in [0.5, 0.6) is 0 Å². The Hall–Kier alpha value is -0.610. The van der Waals surface area contributed by atoms with Crippen LogP contribution in [0.4, 0.5) is 0 Å². The van der Waals surface area contributed by atoms with E-state index < -0.39 is 0 Å². The Morgan fingerprint density at radius 1 is 1.38 bits per heavy atom. The maximum Gasteiger partial charge on any atom is 0.234 e. The summed E-state index contributed by atoms with van der Waals surface area (Å²) in [7, 11) is 1.90. The molecule has 0 saturated heterocycles. The van der Waals surface area contributed by atoms with E-state index in [-0.39, 0.29) is 18.1 Å². The van der Waals surface area contributed by atoms with Crippen LogP contribution in [0.15, 0.2) is 0 Å². The normalized spacial score (nSPS) is 13.2. The molecule has 0 aliphatic heterocycles. The molecule has 0 aliphatic carbocycles. The molecule has 0 heterocycles. The molecule has 1 atom stereocenters. The van der Waals surface area contributed by atoms with Crippen molar-refractivity contribution in [3.63, 3.8) is 0 Å². The molecule has 0 aromatic heterocycles. The predicted molar refractivity (Wildman–Crippen MR) is 66.3 cm³/mol. The van der Waals surface area contributed by atoms with E-state index in [1.807, 2.05) is 11.9 Å². The van der Waals surface area contributed by atoms with E-state index in [2.05, 4.69) is 19.2 Å². The quantitative estimate of drug-likeness (QED) is 0.654. The summed E-state index contributed by atoms with van der Waals surface area (Å²) in [4.78, 5) is 13.5. The summed E-state index contributed by atoms with van der Waals surface area (Å²) in [5.74, 6) is 0.0711. The molecule has 16 heavy (non-hydrogen) atoms. The molecule has 0 fully saturated rings. The van der Waals surface area contributed by atoms with E-state index in [0.29, 0.717) is 13.0 Å². The zero-order valence-electron chi connectivity index (χ0n) is 11.0. The fourth-order valence-corrected chi connectivity index (χ4v) is 1.50. The molecule has 1 unspecified atom stereocenters.